The summed E-state index contributed by atoms with van der Waals surface area (Å²) in [4.78, 5) is 4.21. The first-order valence-electron chi connectivity index (χ1n) is 6.62. The van der Waals surface area contributed by atoms with Crippen LogP contribution in [0.5, 0.6) is 0 Å². The molecule has 2 aromatic carbocycles. The first kappa shape index (κ1) is 13.5. The maximum absolute atomic E-state index is 13.7. The molecule has 0 saturated carbocycles. The van der Waals surface area contributed by atoms with Gasteiger partial charge in [-0.15, -0.1) is 0 Å². The summed E-state index contributed by atoms with van der Waals surface area (Å²) in [6, 6.07) is 7.89. The largest absolute Gasteiger partial charge is 0.369 e. The van der Waals surface area contributed by atoms with E-state index in [1.54, 1.807) is 36.6 Å². The summed E-state index contributed by atoms with van der Waals surface area (Å²) in [5.74, 6) is -0.224. The second-order valence-electron chi connectivity index (χ2n) is 5.23. The van der Waals surface area contributed by atoms with Crippen LogP contribution in [0.2, 0.25) is 0 Å². The highest BCUT2D eigenvalue weighted by molar-refractivity contribution is 5.78. The topological polar surface area (TPSA) is 43.8 Å². The van der Waals surface area contributed by atoms with Gasteiger partial charge in [-0.2, -0.15) is 0 Å². The first-order valence-corrected chi connectivity index (χ1v) is 6.62. The van der Waals surface area contributed by atoms with E-state index in [1.165, 1.54) is 12.1 Å². The number of benzene rings is 2. The Kier molecular flexibility index (Phi) is 3.12. The molecule has 1 heterocycles. The van der Waals surface area contributed by atoms with Gasteiger partial charge in [0.05, 0.1) is 17.6 Å². The summed E-state index contributed by atoms with van der Waals surface area (Å²) in [5.41, 5.74) is 9.26. The molecule has 0 aliphatic heterocycles. The molecule has 5 heteroatoms. The summed E-state index contributed by atoms with van der Waals surface area (Å²) < 4.78 is 28.8. The molecule has 21 heavy (non-hydrogen) atoms. The van der Waals surface area contributed by atoms with Gasteiger partial charge in [0.1, 0.15) is 11.6 Å². The van der Waals surface area contributed by atoms with E-state index in [4.69, 9.17) is 5.73 Å². The fourth-order valence-electron chi connectivity index (χ4n) is 2.59. The van der Waals surface area contributed by atoms with E-state index in [-0.39, 0.29) is 11.6 Å². The number of rotatable bonds is 2. The lowest BCUT2D eigenvalue weighted by Gasteiger charge is -2.10. The molecule has 108 valence electrons. The van der Waals surface area contributed by atoms with Crippen molar-refractivity contribution in [2.24, 2.45) is 0 Å². The number of nitrogen functional groups attached to an aromatic ring is 1. The van der Waals surface area contributed by atoms with Gasteiger partial charge in [-0.05, 0) is 48.7 Å². The SMILES string of the molecule is Cc1cc(Cn2c(N)nc3ccc(F)cc32)cc(C)c1F. The van der Waals surface area contributed by atoms with Gasteiger partial charge in [0, 0.05) is 0 Å². The van der Waals surface area contributed by atoms with E-state index in [2.05, 4.69) is 4.98 Å². The number of hydrogen-bond donors (Lipinski definition) is 1. The number of nitrogens with two attached hydrogens (primary N) is 1. The third kappa shape index (κ3) is 2.35. The lowest BCUT2D eigenvalue weighted by Crippen LogP contribution is -2.05. The van der Waals surface area contributed by atoms with Crippen molar-refractivity contribution < 1.29 is 8.78 Å². The van der Waals surface area contributed by atoms with Gasteiger partial charge < -0.3 is 10.3 Å². The molecule has 0 bridgehead atoms. The van der Waals surface area contributed by atoms with Crippen molar-refractivity contribution in [1.82, 2.24) is 9.55 Å². The molecule has 2 N–H and O–H groups in total. The zero-order valence-electron chi connectivity index (χ0n) is 11.8. The molecule has 3 aromatic rings. The number of anilines is 1. The van der Waals surface area contributed by atoms with E-state index in [0.29, 0.717) is 34.7 Å². The van der Waals surface area contributed by atoms with E-state index >= 15 is 0 Å². The van der Waals surface area contributed by atoms with Crippen molar-refractivity contribution in [3.63, 3.8) is 0 Å². The average Bonchev–Trinajstić information content (AvgIpc) is 2.72. The Balaban J connectivity index is 2.09. The van der Waals surface area contributed by atoms with Crippen LogP contribution in [0, 0.1) is 25.5 Å². The minimum atomic E-state index is -0.338. The zero-order chi connectivity index (χ0) is 15.1. The summed E-state index contributed by atoms with van der Waals surface area (Å²) >= 11 is 0. The molecule has 0 spiro atoms. The Morgan fingerprint density at radius 2 is 1.76 bits per heavy atom. The molecule has 0 atom stereocenters. The van der Waals surface area contributed by atoms with Crippen LogP contribution < -0.4 is 5.73 Å². The highest BCUT2D eigenvalue weighted by Gasteiger charge is 2.11. The monoisotopic (exact) mass is 287 g/mol. The van der Waals surface area contributed by atoms with Crippen LogP contribution in [0.4, 0.5) is 14.7 Å². The van der Waals surface area contributed by atoms with Crippen LogP contribution in [-0.4, -0.2) is 9.55 Å². The minimum Gasteiger partial charge on any atom is -0.369 e. The maximum Gasteiger partial charge on any atom is 0.201 e. The first-order chi connectivity index (χ1) is 9.95. The van der Waals surface area contributed by atoms with Crippen LogP contribution in [0.1, 0.15) is 16.7 Å². The van der Waals surface area contributed by atoms with Crippen molar-refractivity contribution in [3.05, 3.63) is 58.7 Å². The van der Waals surface area contributed by atoms with Gasteiger partial charge in [-0.1, -0.05) is 12.1 Å². The number of nitrogens with zero attached hydrogens (tertiary/aromatic N) is 2. The molecular formula is C16H15F2N3. The number of aryl methyl sites for hydroxylation is 2. The summed E-state index contributed by atoms with van der Waals surface area (Å²) in [6.07, 6.45) is 0. The fourth-order valence-corrected chi connectivity index (χ4v) is 2.59. The standard InChI is InChI=1S/C16H15F2N3/c1-9-5-11(6-10(2)15(9)18)8-21-14-7-12(17)3-4-13(14)20-16(21)19/h3-7H,8H2,1-2H3,(H2,19,20). The molecule has 0 unspecified atom stereocenters. The van der Waals surface area contributed by atoms with Crippen molar-refractivity contribution in [2.75, 3.05) is 5.73 Å². The Bertz CT molecular complexity index is 814. The molecule has 1 aromatic heterocycles. The number of imidazole rings is 1. The predicted molar refractivity (Wildman–Crippen MR) is 79.1 cm³/mol. The van der Waals surface area contributed by atoms with Crippen LogP contribution in [0.15, 0.2) is 30.3 Å². The summed E-state index contributed by atoms with van der Waals surface area (Å²) in [6.45, 7) is 3.87. The van der Waals surface area contributed by atoms with E-state index < -0.39 is 0 Å². The molecule has 0 radical (unpaired) electrons. The zero-order valence-corrected chi connectivity index (χ0v) is 11.8. The normalized spacial score (nSPS) is 11.2. The average molecular weight is 287 g/mol. The van der Waals surface area contributed by atoms with Gasteiger partial charge in [-0.25, -0.2) is 13.8 Å². The second kappa shape index (κ2) is 4.84. The van der Waals surface area contributed by atoms with Gasteiger partial charge in [0.15, 0.2) is 0 Å². The van der Waals surface area contributed by atoms with Crippen LogP contribution in [0.25, 0.3) is 11.0 Å². The van der Waals surface area contributed by atoms with E-state index in [9.17, 15) is 8.78 Å². The van der Waals surface area contributed by atoms with Gasteiger partial charge in [0.2, 0.25) is 5.95 Å². The number of fused-ring (bicyclic) bond motifs is 1. The molecule has 0 amide bonds. The lowest BCUT2D eigenvalue weighted by molar-refractivity contribution is 0.607. The molecule has 0 aliphatic carbocycles. The number of hydrogen-bond acceptors (Lipinski definition) is 2. The third-order valence-corrected chi connectivity index (χ3v) is 3.58. The Morgan fingerprint density at radius 1 is 1.10 bits per heavy atom. The van der Waals surface area contributed by atoms with E-state index in [0.717, 1.165) is 5.56 Å². The highest BCUT2D eigenvalue weighted by Crippen LogP contribution is 2.22. The molecule has 3 nitrogen and oxygen atoms in total. The number of halogens is 2. The molecule has 0 aliphatic rings. The lowest BCUT2D eigenvalue weighted by atomic mass is 10.1. The van der Waals surface area contributed by atoms with Gasteiger partial charge in [0.25, 0.3) is 0 Å². The summed E-state index contributed by atoms with van der Waals surface area (Å²) in [5, 5.41) is 0. The fraction of sp³-hybridized carbons (Fsp3) is 0.188. The van der Waals surface area contributed by atoms with Crippen molar-refractivity contribution in [2.45, 2.75) is 20.4 Å². The quantitative estimate of drug-likeness (QED) is 0.783. The van der Waals surface area contributed by atoms with Gasteiger partial charge in [-0.3, -0.25) is 0 Å². The Morgan fingerprint density at radius 3 is 2.43 bits per heavy atom. The van der Waals surface area contributed by atoms with Crippen molar-refractivity contribution in [3.8, 4) is 0 Å². The maximum atomic E-state index is 13.7. The Hall–Kier alpha value is -2.43. The van der Waals surface area contributed by atoms with Crippen LogP contribution in [0.3, 0.4) is 0 Å². The second-order valence-corrected chi connectivity index (χ2v) is 5.23. The minimum absolute atomic E-state index is 0.201. The van der Waals surface area contributed by atoms with E-state index in [1.807, 2.05) is 0 Å². The third-order valence-electron chi connectivity index (χ3n) is 3.58. The molecule has 0 saturated heterocycles. The van der Waals surface area contributed by atoms with Crippen molar-refractivity contribution in [1.29, 1.82) is 0 Å². The number of aromatic nitrogens is 2. The molecule has 0 fully saturated rings. The summed E-state index contributed by atoms with van der Waals surface area (Å²) in [7, 11) is 0. The highest BCUT2D eigenvalue weighted by atomic mass is 19.1. The predicted octanol–water partition coefficient (Wildman–Crippen LogP) is 3.56. The van der Waals surface area contributed by atoms with Crippen molar-refractivity contribution >= 4 is 17.0 Å². The molecular weight excluding hydrogens is 272 g/mol. The smallest absolute Gasteiger partial charge is 0.201 e. The van der Waals surface area contributed by atoms with Crippen LogP contribution in [-0.2, 0) is 6.54 Å². The molecule has 3 rings (SSSR count). The Labute approximate surface area is 121 Å². The van der Waals surface area contributed by atoms with Crippen LogP contribution >= 0.6 is 0 Å². The van der Waals surface area contributed by atoms with Gasteiger partial charge >= 0.3 is 0 Å².